The van der Waals surface area contributed by atoms with E-state index in [1.54, 1.807) is 12.1 Å². The van der Waals surface area contributed by atoms with E-state index in [9.17, 15) is 9.18 Å². The van der Waals surface area contributed by atoms with Gasteiger partial charge in [-0.3, -0.25) is 0 Å². The number of thioether (sulfide) groups is 1. The van der Waals surface area contributed by atoms with Crippen molar-refractivity contribution in [3.8, 4) is 0 Å². The molecule has 0 unspecified atom stereocenters. The number of carbonyl (C=O) groups excluding carboxylic acids is 1. The van der Waals surface area contributed by atoms with Crippen molar-refractivity contribution in [3.05, 3.63) is 47.7 Å². The minimum absolute atomic E-state index is 0.177. The van der Waals surface area contributed by atoms with E-state index < -0.39 is 5.97 Å². The Morgan fingerprint density at radius 1 is 1.47 bits per heavy atom. The molecule has 1 aromatic carbocycles. The van der Waals surface area contributed by atoms with E-state index in [4.69, 9.17) is 10.2 Å². The number of halogens is 1. The van der Waals surface area contributed by atoms with Crippen molar-refractivity contribution in [2.45, 2.75) is 10.6 Å². The minimum Gasteiger partial charge on any atom is -0.463 e. The summed E-state index contributed by atoms with van der Waals surface area (Å²) < 4.78 is 22.6. The highest BCUT2D eigenvalue weighted by molar-refractivity contribution is 7.98. The van der Waals surface area contributed by atoms with Crippen LogP contribution in [0.1, 0.15) is 16.1 Å². The van der Waals surface area contributed by atoms with Crippen molar-refractivity contribution < 1.29 is 18.3 Å². The van der Waals surface area contributed by atoms with Gasteiger partial charge >= 0.3 is 5.97 Å². The lowest BCUT2D eigenvalue weighted by Gasteiger charge is -2.05. The van der Waals surface area contributed by atoms with Gasteiger partial charge in [0, 0.05) is 21.9 Å². The Morgan fingerprint density at radius 3 is 2.95 bits per heavy atom. The Labute approximate surface area is 113 Å². The molecule has 0 saturated heterocycles. The molecule has 0 radical (unpaired) electrons. The molecule has 0 aliphatic carbocycles. The monoisotopic (exact) mass is 281 g/mol. The second kappa shape index (κ2) is 5.79. The standard InChI is InChI=1S/C13H12FNO3S/c1-17-13(16)12-8(4-5-18-12)7-19-11-3-2-9(14)6-10(11)15/h2-6H,7,15H2,1H3. The number of hydrogen-bond acceptors (Lipinski definition) is 5. The first-order valence-corrected chi connectivity index (χ1v) is 6.43. The quantitative estimate of drug-likeness (QED) is 0.530. The zero-order chi connectivity index (χ0) is 13.8. The molecule has 0 amide bonds. The Balaban J connectivity index is 2.10. The van der Waals surface area contributed by atoms with Gasteiger partial charge in [0.25, 0.3) is 0 Å². The second-order valence-electron chi connectivity index (χ2n) is 3.74. The Morgan fingerprint density at radius 2 is 2.26 bits per heavy atom. The first-order chi connectivity index (χ1) is 9.11. The summed E-state index contributed by atoms with van der Waals surface area (Å²) in [6.45, 7) is 0. The van der Waals surface area contributed by atoms with Crippen LogP contribution in [0.5, 0.6) is 0 Å². The molecule has 4 nitrogen and oxygen atoms in total. The number of nitrogen functional groups attached to an aromatic ring is 1. The molecule has 0 saturated carbocycles. The van der Waals surface area contributed by atoms with Gasteiger partial charge in [0.1, 0.15) is 5.82 Å². The molecule has 2 rings (SSSR count). The normalized spacial score (nSPS) is 10.4. The first-order valence-electron chi connectivity index (χ1n) is 5.44. The van der Waals surface area contributed by atoms with E-state index in [0.717, 1.165) is 4.90 Å². The fourth-order valence-corrected chi connectivity index (χ4v) is 2.46. The van der Waals surface area contributed by atoms with Crippen molar-refractivity contribution in [1.29, 1.82) is 0 Å². The molecular weight excluding hydrogens is 269 g/mol. The number of rotatable bonds is 4. The first kappa shape index (κ1) is 13.5. The molecule has 0 aliphatic heterocycles. The Bertz CT molecular complexity index is 597. The summed E-state index contributed by atoms with van der Waals surface area (Å²) in [5, 5.41) is 0. The fourth-order valence-electron chi connectivity index (χ4n) is 1.53. The van der Waals surface area contributed by atoms with Crippen LogP contribution in [0.25, 0.3) is 0 Å². The van der Waals surface area contributed by atoms with Crippen LogP contribution in [-0.4, -0.2) is 13.1 Å². The van der Waals surface area contributed by atoms with E-state index in [0.29, 0.717) is 17.0 Å². The topological polar surface area (TPSA) is 65.5 Å². The van der Waals surface area contributed by atoms with Gasteiger partial charge < -0.3 is 14.9 Å². The van der Waals surface area contributed by atoms with Crippen LogP contribution in [-0.2, 0) is 10.5 Å². The third kappa shape index (κ3) is 3.08. The number of nitrogens with two attached hydrogens (primary N) is 1. The predicted octanol–water partition coefficient (Wildman–Crippen LogP) is 3.08. The molecule has 1 heterocycles. The van der Waals surface area contributed by atoms with Crippen LogP contribution >= 0.6 is 11.8 Å². The molecule has 1 aromatic heterocycles. The lowest BCUT2D eigenvalue weighted by atomic mass is 10.3. The number of hydrogen-bond donors (Lipinski definition) is 1. The molecule has 2 aromatic rings. The Hall–Kier alpha value is -1.95. The molecule has 0 bridgehead atoms. The maximum Gasteiger partial charge on any atom is 0.374 e. The van der Waals surface area contributed by atoms with Crippen molar-refractivity contribution in [2.24, 2.45) is 0 Å². The van der Waals surface area contributed by atoms with Gasteiger partial charge in [-0.25, -0.2) is 9.18 Å². The van der Waals surface area contributed by atoms with Crippen molar-refractivity contribution in [2.75, 3.05) is 12.8 Å². The number of methoxy groups -OCH3 is 1. The average molecular weight is 281 g/mol. The lowest BCUT2D eigenvalue weighted by Crippen LogP contribution is -2.02. The predicted molar refractivity (Wildman–Crippen MR) is 70.4 cm³/mol. The van der Waals surface area contributed by atoms with E-state index in [1.807, 2.05) is 0 Å². The molecule has 19 heavy (non-hydrogen) atoms. The number of furan rings is 1. The molecule has 0 spiro atoms. The summed E-state index contributed by atoms with van der Waals surface area (Å²) in [4.78, 5) is 12.2. The number of carbonyl (C=O) groups is 1. The van der Waals surface area contributed by atoms with Gasteiger partial charge in [0.05, 0.1) is 13.4 Å². The molecule has 0 fully saturated rings. The van der Waals surface area contributed by atoms with Crippen molar-refractivity contribution in [3.63, 3.8) is 0 Å². The van der Waals surface area contributed by atoms with E-state index >= 15 is 0 Å². The number of ether oxygens (including phenoxy) is 1. The van der Waals surface area contributed by atoms with Crippen LogP contribution in [0.15, 0.2) is 39.8 Å². The summed E-state index contributed by atoms with van der Waals surface area (Å²) in [6, 6.07) is 5.90. The Kier molecular flexibility index (Phi) is 4.11. The summed E-state index contributed by atoms with van der Waals surface area (Å²) in [5.74, 6) is -0.236. The van der Waals surface area contributed by atoms with Crippen LogP contribution < -0.4 is 5.73 Å². The largest absolute Gasteiger partial charge is 0.463 e. The van der Waals surface area contributed by atoms with Gasteiger partial charge in [-0.15, -0.1) is 11.8 Å². The van der Waals surface area contributed by atoms with Gasteiger partial charge in [-0.2, -0.15) is 0 Å². The van der Waals surface area contributed by atoms with Gasteiger partial charge in [-0.1, -0.05) is 0 Å². The molecule has 6 heteroatoms. The second-order valence-corrected chi connectivity index (χ2v) is 4.75. The van der Waals surface area contributed by atoms with Crippen LogP contribution in [0.2, 0.25) is 0 Å². The van der Waals surface area contributed by atoms with E-state index in [-0.39, 0.29) is 11.6 Å². The molecule has 0 atom stereocenters. The third-order valence-electron chi connectivity index (χ3n) is 2.47. The molecule has 0 aliphatic rings. The summed E-state index contributed by atoms with van der Waals surface area (Å²) >= 11 is 1.40. The van der Waals surface area contributed by atoms with Crippen LogP contribution in [0, 0.1) is 5.82 Å². The van der Waals surface area contributed by atoms with Crippen molar-refractivity contribution in [1.82, 2.24) is 0 Å². The van der Waals surface area contributed by atoms with Gasteiger partial charge in [-0.05, 0) is 24.3 Å². The third-order valence-corrected chi connectivity index (χ3v) is 3.61. The van der Waals surface area contributed by atoms with E-state index in [2.05, 4.69) is 4.74 Å². The molecular formula is C13H12FNO3S. The number of esters is 1. The van der Waals surface area contributed by atoms with E-state index in [1.165, 1.54) is 37.3 Å². The zero-order valence-electron chi connectivity index (χ0n) is 10.2. The van der Waals surface area contributed by atoms with Crippen molar-refractivity contribution >= 4 is 23.4 Å². The fraction of sp³-hybridized carbons (Fsp3) is 0.154. The maximum absolute atomic E-state index is 12.9. The number of benzene rings is 1. The number of anilines is 1. The average Bonchev–Trinajstić information content (AvgIpc) is 2.85. The van der Waals surface area contributed by atoms with Gasteiger partial charge in [0.15, 0.2) is 0 Å². The smallest absolute Gasteiger partial charge is 0.374 e. The van der Waals surface area contributed by atoms with Gasteiger partial charge in [0.2, 0.25) is 5.76 Å². The highest BCUT2D eigenvalue weighted by Crippen LogP contribution is 2.30. The lowest BCUT2D eigenvalue weighted by molar-refractivity contribution is 0.0564. The van der Waals surface area contributed by atoms with Crippen LogP contribution in [0.4, 0.5) is 10.1 Å². The summed E-state index contributed by atoms with van der Waals surface area (Å²) in [7, 11) is 1.29. The highest BCUT2D eigenvalue weighted by Gasteiger charge is 2.16. The summed E-state index contributed by atoms with van der Waals surface area (Å²) in [6.07, 6.45) is 1.43. The highest BCUT2D eigenvalue weighted by atomic mass is 32.2. The minimum atomic E-state index is -0.521. The maximum atomic E-state index is 12.9. The molecule has 2 N–H and O–H groups in total. The zero-order valence-corrected chi connectivity index (χ0v) is 11.0. The molecule has 100 valence electrons. The SMILES string of the molecule is COC(=O)c1occc1CSc1ccc(F)cc1N. The summed E-state index contributed by atoms with van der Waals surface area (Å²) in [5.41, 5.74) is 6.79. The van der Waals surface area contributed by atoms with Crippen LogP contribution in [0.3, 0.4) is 0 Å².